The summed E-state index contributed by atoms with van der Waals surface area (Å²) < 4.78 is 8.44. The van der Waals surface area contributed by atoms with Gasteiger partial charge in [0.05, 0.1) is 18.8 Å². The number of methoxy groups -OCH3 is 1. The van der Waals surface area contributed by atoms with E-state index in [1.54, 1.807) is 7.11 Å². The fourth-order valence-corrected chi connectivity index (χ4v) is 4.21. The molecule has 0 N–H and O–H groups in total. The van der Waals surface area contributed by atoms with E-state index in [-0.39, 0.29) is 6.04 Å². The van der Waals surface area contributed by atoms with E-state index in [4.69, 9.17) is 4.74 Å². The van der Waals surface area contributed by atoms with E-state index in [1.807, 2.05) is 53.2 Å². The van der Waals surface area contributed by atoms with Gasteiger partial charge in [0.2, 0.25) is 0 Å². The lowest BCUT2D eigenvalue weighted by Crippen LogP contribution is -2.28. The number of ether oxygens (including phenoxy) is 1. The van der Waals surface area contributed by atoms with Crippen LogP contribution in [0.25, 0.3) is 5.69 Å². The Bertz CT molecular complexity index is 1160. The molecule has 1 heterocycles. The average Bonchev–Trinajstić information content (AvgIpc) is 3.24. The number of halogens is 1. The van der Waals surface area contributed by atoms with Gasteiger partial charge in [-0.25, -0.2) is 0 Å². The lowest BCUT2D eigenvalue weighted by molar-refractivity contribution is 0.254. The molecule has 0 spiro atoms. The average molecular weight is 478 g/mol. The Morgan fingerprint density at radius 2 is 1.77 bits per heavy atom. The minimum atomic E-state index is -0.153. The van der Waals surface area contributed by atoms with Gasteiger partial charge >= 0.3 is 0 Å². The largest absolute Gasteiger partial charge is 0.496 e. The van der Waals surface area contributed by atoms with Gasteiger partial charge in [-0.15, -0.1) is 5.10 Å². The summed E-state index contributed by atoms with van der Waals surface area (Å²) in [6.45, 7) is 2.72. The van der Waals surface area contributed by atoms with E-state index in [0.29, 0.717) is 6.54 Å². The first kappa shape index (κ1) is 21.2. The third-order valence-corrected chi connectivity index (χ3v) is 5.79. The molecule has 7 heteroatoms. The van der Waals surface area contributed by atoms with Gasteiger partial charge in [0.1, 0.15) is 5.75 Å². The normalized spacial score (nSPS) is 12.2. The second-order valence-corrected chi connectivity index (χ2v) is 8.34. The predicted molar refractivity (Wildman–Crippen MR) is 124 cm³/mol. The Hall–Kier alpha value is -3.03. The van der Waals surface area contributed by atoms with Gasteiger partial charge in [-0.3, -0.25) is 4.90 Å². The lowest BCUT2D eigenvalue weighted by atomic mass is 10.0. The Labute approximate surface area is 190 Å². The molecular formula is C24H24BrN5O. The van der Waals surface area contributed by atoms with Crippen LogP contribution in [0.2, 0.25) is 0 Å². The number of tetrazole rings is 1. The van der Waals surface area contributed by atoms with Crippen molar-refractivity contribution in [2.45, 2.75) is 19.5 Å². The minimum Gasteiger partial charge on any atom is -0.496 e. The molecule has 1 aromatic heterocycles. The fraction of sp³-hybridized carbons (Fsp3) is 0.208. The standard InChI is InChI=1S/C24H24BrN5O/c1-17-9-7-8-12-21(17)30-24(26-27-28-30)23(18-10-5-4-6-11-18)29(2)16-19-15-20(25)13-14-22(19)31-3/h4-15,23H,16H2,1-3H3/t23-/m1/s1. The first-order valence-corrected chi connectivity index (χ1v) is 10.8. The second-order valence-electron chi connectivity index (χ2n) is 7.42. The molecule has 0 aliphatic heterocycles. The highest BCUT2D eigenvalue weighted by atomic mass is 79.9. The third kappa shape index (κ3) is 4.52. The van der Waals surface area contributed by atoms with Crippen LogP contribution in [0.1, 0.15) is 28.6 Å². The van der Waals surface area contributed by atoms with E-state index in [2.05, 4.69) is 74.6 Å². The summed E-state index contributed by atoms with van der Waals surface area (Å²) in [6.07, 6.45) is 0. The Balaban J connectivity index is 1.78. The van der Waals surface area contributed by atoms with E-state index in [9.17, 15) is 0 Å². The number of nitrogens with zero attached hydrogens (tertiary/aromatic N) is 5. The van der Waals surface area contributed by atoms with Crippen molar-refractivity contribution >= 4 is 15.9 Å². The van der Waals surface area contributed by atoms with Crippen molar-refractivity contribution in [1.29, 1.82) is 0 Å². The zero-order valence-electron chi connectivity index (χ0n) is 17.7. The molecular weight excluding hydrogens is 454 g/mol. The maximum absolute atomic E-state index is 5.59. The molecule has 4 rings (SSSR count). The van der Waals surface area contributed by atoms with E-state index < -0.39 is 0 Å². The van der Waals surface area contributed by atoms with Crippen molar-refractivity contribution < 1.29 is 4.74 Å². The van der Waals surface area contributed by atoms with Crippen molar-refractivity contribution in [3.8, 4) is 11.4 Å². The molecule has 0 amide bonds. The monoisotopic (exact) mass is 477 g/mol. The SMILES string of the molecule is COc1ccc(Br)cc1CN(C)[C@H](c1ccccc1)c1nnnn1-c1ccccc1C. The van der Waals surface area contributed by atoms with Crippen LogP contribution < -0.4 is 4.74 Å². The molecule has 158 valence electrons. The summed E-state index contributed by atoms with van der Waals surface area (Å²) in [4.78, 5) is 2.24. The third-order valence-electron chi connectivity index (χ3n) is 5.30. The lowest BCUT2D eigenvalue weighted by Gasteiger charge is -2.28. The van der Waals surface area contributed by atoms with Crippen molar-refractivity contribution in [2.24, 2.45) is 0 Å². The number of aryl methyl sites for hydroxylation is 1. The van der Waals surface area contributed by atoms with E-state index >= 15 is 0 Å². The zero-order chi connectivity index (χ0) is 21.8. The Morgan fingerprint density at radius 3 is 2.52 bits per heavy atom. The second kappa shape index (κ2) is 9.41. The number of rotatable bonds is 7. The van der Waals surface area contributed by atoms with Gasteiger partial charge < -0.3 is 4.74 Å². The maximum atomic E-state index is 5.59. The molecule has 0 aliphatic rings. The highest BCUT2D eigenvalue weighted by molar-refractivity contribution is 9.10. The summed E-state index contributed by atoms with van der Waals surface area (Å²) in [7, 11) is 3.77. The van der Waals surface area contributed by atoms with Crippen LogP contribution in [0, 0.1) is 6.92 Å². The van der Waals surface area contributed by atoms with Crippen LogP contribution in [-0.4, -0.2) is 39.3 Å². The molecule has 31 heavy (non-hydrogen) atoms. The predicted octanol–water partition coefficient (Wildman–Crippen LogP) is 4.96. The molecule has 0 unspecified atom stereocenters. The van der Waals surface area contributed by atoms with Crippen LogP contribution in [0.3, 0.4) is 0 Å². The van der Waals surface area contributed by atoms with E-state index in [1.165, 1.54) is 0 Å². The molecule has 0 fully saturated rings. The fourth-order valence-electron chi connectivity index (χ4n) is 3.80. The van der Waals surface area contributed by atoms with Gasteiger partial charge in [-0.2, -0.15) is 4.68 Å². The Morgan fingerprint density at radius 1 is 1.03 bits per heavy atom. The summed E-state index contributed by atoms with van der Waals surface area (Å²) in [5.41, 5.74) is 4.27. The summed E-state index contributed by atoms with van der Waals surface area (Å²) in [5, 5.41) is 12.8. The quantitative estimate of drug-likeness (QED) is 0.376. The van der Waals surface area contributed by atoms with Gasteiger partial charge in [-0.1, -0.05) is 64.5 Å². The number of para-hydroxylation sites is 1. The summed E-state index contributed by atoms with van der Waals surface area (Å²) in [5.74, 6) is 1.61. The van der Waals surface area contributed by atoms with Gasteiger partial charge in [-0.05, 0) is 59.8 Å². The molecule has 6 nitrogen and oxygen atoms in total. The maximum Gasteiger partial charge on any atom is 0.178 e. The van der Waals surface area contributed by atoms with Gasteiger partial charge in [0, 0.05) is 16.6 Å². The topological polar surface area (TPSA) is 56.1 Å². The van der Waals surface area contributed by atoms with Crippen LogP contribution in [0.4, 0.5) is 0 Å². The molecule has 0 bridgehead atoms. The number of hydrogen-bond acceptors (Lipinski definition) is 5. The minimum absolute atomic E-state index is 0.153. The van der Waals surface area contributed by atoms with Crippen molar-refractivity contribution in [2.75, 3.05) is 14.2 Å². The molecule has 0 saturated heterocycles. The van der Waals surface area contributed by atoms with Crippen molar-refractivity contribution in [3.63, 3.8) is 0 Å². The zero-order valence-corrected chi connectivity index (χ0v) is 19.3. The number of aromatic nitrogens is 4. The van der Waals surface area contributed by atoms with Crippen molar-refractivity contribution in [3.05, 3.63) is 99.8 Å². The van der Waals surface area contributed by atoms with Crippen LogP contribution >= 0.6 is 15.9 Å². The van der Waals surface area contributed by atoms with Crippen LogP contribution in [0.15, 0.2) is 77.3 Å². The van der Waals surface area contributed by atoms with E-state index in [0.717, 1.165) is 38.4 Å². The van der Waals surface area contributed by atoms with Crippen LogP contribution in [0.5, 0.6) is 5.75 Å². The molecule has 0 radical (unpaired) electrons. The molecule has 4 aromatic rings. The number of benzene rings is 3. The number of hydrogen-bond donors (Lipinski definition) is 0. The smallest absolute Gasteiger partial charge is 0.178 e. The molecule has 0 saturated carbocycles. The first-order valence-electron chi connectivity index (χ1n) is 10.0. The van der Waals surface area contributed by atoms with Crippen LogP contribution in [-0.2, 0) is 6.54 Å². The highest BCUT2D eigenvalue weighted by Crippen LogP contribution is 2.31. The summed E-state index contributed by atoms with van der Waals surface area (Å²) >= 11 is 3.58. The molecule has 3 aromatic carbocycles. The molecule has 1 atom stereocenters. The van der Waals surface area contributed by atoms with Gasteiger partial charge in [0.25, 0.3) is 0 Å². The Kier molecular flexibility index (Phi) is 6.44. The molecule has 0 aliphatic carbocycles. The van der Waals surface area contributed by atoms with Crippen molar-refractivity contribution in [1.82, 2.24) is 25.1 Å². The highest BCUT2D eigenvalue weighted by Gasteiger charge is 2.27. The van der Waals surface area contributed by atoms with Gasteiger partial charge in [0.15, 0.2) is 5.82 Å². The first-order chi connectivity index (χ1) is 15.1. The summed E-state index contributed by atoms with van der Waals surface area (Å²) in [6, 6.07) is 24.3.